The third kappa shape index (κ3) is 7.76. The summed E-state index contributed by atoms with van der Waals surface area (Å²) in [4.78, 5) is 60.3. The Labute approximate surface area is 276 Å². The molecule has 49 heavy (non-hydrogen) atoms. The van der Waals surface area contributed by atoms with Crippen LogP contribution < -0.4 is 31.6 Å². The second-order valence-electron chi connectivity index (χ2n) is 11.1. The van der Waals surface area contributed by atoms with E-state index in [1.165, 1.54) is 49.1 Å². The Bertz CT molecular complexity index is 2290. The number of hydrogen-bond donors (Lipinski definition) is 2. The molecule has 0 radical (unpaired) electrons. The summed E-state index contributed by atoms with van der Waals surface area (Å²) in [5.74, 6) is -1.33. The van der Waals surface area contributed by atoms with Crippen LogP contribution in [0.5, 0.6) is 11.5 Å². The van der Waals surface area contributed by atoms with E-state index in [0.29, 0.717) is 22.5 Å². The third-order valence-electron chi connectivity index (χ3n) is 7.56. The Morgan fingerprint density at radius 2 is 1.24 bits per heavy atom. The molecule has 0 saturated carbocycles. The molecule has 1 atom stereocenters. The maximum atomic E-state index is 13.4. The average Bonchev–Trinajstić information content (AvgIpc) is 3.08. The Morgan fingerprint density at radius 1 is 0.735 bits per heavy atom. The lowest BCUT2D eigenvalue weighted by Gasteiger charge is -2.20. The lowest BCUT2D eigenvalue weighted by atomic mass is 10.2. The van der Waals surface area contributed by atoms with Crippen LogP contribution in [0.3, 0.4) is 0 Å². The van der Waals surface area contributed by atoms with Gasteiger partial charge in [0.2, 0.25) is 11.8 Å². The topological polar surface area (TPSA) is 160 Å². The summed E-state index contributed by atoms with van der Waals surface area (Å²) in [5, 5.41) is 3.02. The van der Waals surface area contributed by atoms with Gasteiger partial charge in [-0.15, -0.1) is 0 Å². The molecular weight excluding hydrogens is 638 g/mol. The minimum absolute atomic E-state index is 0.166. The van der Waals surface area contributed by atoms with Gasteiger partial charge in [0.05, 0.1) is 40.9 Å². The predicted octanol–water partition coefficient (Wildman–Crippen LogP) is 3.73. The lowest BCUT2D eigenvalue weighted by molar-refractivity contribution is -0.124. The second-order valence-corrected chi connectivity index (χ2v) is 11.1. The number of hydrogen-bond acceptors (Lipinski definition) is 8. The number of amides is 2. The fourth-order valence-corrected chi connectivity index (χ4v) is 5.06. The van der Waals surface area contributed by atoms with E-state index in [-0.39, 0.29) is 35.6 Å². The van der Waals surface area contributed by atoms with Crippen LogP contribution in [-0.4, -0.2) is 30.9 Å². The van der Waals surface area contributed by atoms with Crippen molar-refractivity contribution in [3.63, 3.8) is 0 Å². The first-order valence-electron chi connectivity index (χ1n) is 15.0. The van der Waals surface area contributed by atoms with Gasteiger partial charge in [-0.2, -0.15) is 0 Å². The summed E-state index contributed by atoms with van der Waals surface area (Å²) in [7, 11) is 0. The zero-order chi connectivity index (χ0) is 34.5. The molecule has 0 spiro atoms. The van der Waals surface area contributed by atoms with E-state index in [9.17, 15) is 28.0 Å². The Hall–Kier alpha value is -6.44. The van der Waals surface area contributed by atoms with Crippen LogP contribution in [0, 0.1) is 11.6 Å². The summed E-state index contributed by atoms with van der Waals surface area (Å²) in [6.45, 7) is -0.121. The number of aromatic nitrogens is 4. The van der Waals surface area contributed by atoms with E-state index in [0.717, 1.165) is 20.3 Å². The van der Waals surface area contributed by atoms with Crippen LogP contribution in [0.1, 0.15) is 23.7 Å². The van der Waals surface area contributed by atoms with Gasteiger partial charge in [-0.3, -0.25) is 28.3 Å². The van der Waals surface area contributed by atoms with Crippen molar-refractivity contribution in [3.8, 4) is 11.5 Å². The van der Waals surface area contributed by atoms with Gasteiger partial charge >= 0.3 is 0 Å². The second kappa shape index (κ2) is 14.1. The molecule has 0 bridgehead atoms. The minimum Gasteiger partial charge on any atom is -0.489 e. The van der Waals surface area contributed by atoms with E-state index >= 15 is 0 Å². The van der Waals surface area contributed by atoms with Gasteiger partial charge in [0.25, 0.3) is 11.1 Å². The van der Waals surface area contributed by atoms with Crippen molar-refractivity contribution < 1.29 is 27.8 Å². The number of benzene rings is 4. The van der Waals surface area contributed by atoms with Crippen molar-refractivity contribution in [1.29, 1.82) is 0 Å². The Balaban J connectivity index is 1.15. The molecule has 6 rings (SSSR count). The molecule has 0 aliphatic rings. The van der Waals surface area contributed by atoms with Crippen LogP contribution in [0.2, 0.25) is 0 Å². The molecule has 2 aromatic heterocycles. The molecule has 6 aromatic rings. The molecule has 4 aromatic carbocycles. The first kappa shape index (κ1) is 32.5. The van der Waals surface area contributed by atoms with Crippen LogP contribution in [0.15, 0.2) is 107 Å². The number of carbonyl (C=O) groups is 2. The third-order valence-corrected chi connectivity index (χ3v) is 7.56. The van der Waals surface area contributed by atoms with E-state index in [1.807, 2.05) is 0 Å². The number of nitrogens with zero attached hydrogens (tertiary/aromatic N) is 4. The first-order chi connectivity index (χ1) is 23.6. The molecule has 12 nitrogen and oxygen atoms in total. The molecule has 248 valence electrons. The summed E-state index contributed by atoms with van der Waals surface area (Å²) >= 11 is 0. The largest absolute Gasteiger partial charge is 0.489 e. The highest BCUT2D eigenvalue weighted by Crippen LogP contribution is 2.20. The molecule has 3 N–H and O–H groups in total. The maximum absolute atomic E-state index is 13.4. The highest BCUT2D eigenvalue weighted by molar-refractivity contribution is 5.81. The maximum Gasteiger partial charge on any atom is 0.262 e. The summed E-state index contributed by atoms with van der Waals surface area (Å²) < 4.78 is 40.0. The molecule has 1 unspecified atom stereocenters. The standard InChI is InChI=1S/C35H28F2N6O6/c36-23-5-1-21(2-6-23)17-48-25-9-11-27-29(13-25)39-19-42(34(27)46)16-33(45)41-32(15-31(38)44)43-20-40-30-14-26(10-12-28(30)35(43)47)49-18-22-3-7-24(37)8-4-22/h1-14,19-20,32H,15-18H2,(H2,38,44)(H,41,45). The summed E-state index contributed by atoms with van der Waals surface area (Å²) in [6, 6.07) is 21.0. The summed E-state index contributed by atoms with van der Waals surface area (Å²) in [5.41, 5.74) is 6.53. The van der Waals surface area contributed by atoms with Gasteiger partial charge in [-0.05, 0) is 59.7 Å². The molecule has 14 heteroatoms. The van der Waals surface area contributed by atoms with Crippen molar-refractivity contribution in [2.75, 3.05) is 0 Å². The Kier molecular flexibility index (Phi) is 9.37. The van der Waals surface area contributed by atoms with Gasteiger partial charge in [-0.1, -0.05) is 24.3 Å². The smallest absolute Gasteiger partial charge is 0.262 e. The zero-order valence-corrected chi connectivity index (χ0v) is 25.7. The van der Waals surface area contributed by atoms with Crippen molar-refractivity contribution in [2.45, 2.75) is 32.3 Å². The van der Waals surface area contributed by atoms with E-state index in [1.54, 1.807) is 48.5 Å². The molecular formula is C35H28F2N6O6. The van der Waals surface area contributed by atoms with E-state index in [2.05, 4.69) is 15.3 Å². The van der Waals surface area contributed by atoms with Crippen LogP contribution in [0.4, 0.5) is 8.78 Å². The highest BCUT2D eigenvalue weighted by atomic mass is 19.1. The average molecular weight is 667 g/mol. The lowest BCUT2D eigenvalue weighted by Crippen LogP contribution is -2.42. The fraction of sp³-hybridized carbons (Fsp3) is 0.143. The number of nitrogens with one attached hydrogen (secondary N) is 1. The number of fused-ring (bicyclic) bond motifs is 2. The molecule has 0 aliphatic carbocycles. The molecule has 2 amide bonds. The predicted molar refractivity (Wildman–Crippen MR) is 174 cm³/mol. The Morgan fingerprint density at radius 3 is 1.78 bits per heavy atom. The minimum atomic E-state index is -1.20. The van der Waals surface area contributed by atoms with E-state index in [4.69, 9.17) is 15.2 Å². The molecule has 2 heterocycles. The number of rotatable bonds is 12. The monoisotopic (exact) mass is 666 g/mol. The molecule has 0 saturated heterocycles. The van der Waals surface area contributed by atoms with Gasteiger partial charge < -0.3 is 20.5 Å². The van der Waals surface area contributed by atoms with E-state index < -0.39 is 42.1 Å². The van der Waals surface area contributed by atoms with Crippen molar-refractivity contribution in [3.05, 3.63) is 141 Å². The quantitative estimate of drug-likeness (QED) is 0.200. The van der Waals surface area contributed by atoms with Crippen molar-refractivity contribution in [1.82, 2.24) is 24.4 Å². The van der Waals surface area contributed by atoms with Gasteiger partial charge in [0, 0.05) is 12.1 Å². The number of nitrogens with two attached hydrogens (primary N) is 1. The number of primary amides is 1. The normalized spacial score (nSPS) is 11.7. The summed E-state index contributed by atoms with van der Waals surface area (Å²) in [6.07, 6.45) is 0.760. The van der Waals surface area contributed by atoms with Gasteiger partial charge in [0.1, 0.15) is 49.1 Å². The number of halogens is 2. The molecule has 0 fully saturated rings. The number of ether oxygens (including phenoxy) is 2. The first-order valence-corrected chi connectivity index (χ1v) is 15.0. The van der Waals surface area contributed by atoms with Crippen LogP contribution in [-0.2, 0) is 29.3 Å². The number of carbonyl (C=O) groups excluding carboxylic acids is 2. The van der Waals surface area contributed by atoms with Gasteiger partial charge in [0.15, 0.2) is 0 Å². The molecule has 0 aliphatic heterocycles. The van der Waals surface area contributed by atoms with Gasteiger partial charge in [-0.25, -0.2) is 18.7 Å². The zero-order valence-electron chi connectivity index (χ0n) is 25.7. The van der Waals surface area contributed by atoms with Crippen molar-refractivity contribution >= 4 is 33.6 Å². The SMILES string of the molecule is NC(=O)CC(NC(=O)Cn1cnc2cc(OCc3ccc(F)cc3)ccc2c1=O)n1cnc2cc(OCc3ccc(F)cc3)ccc2c1=O. The highest BCUT2D eigenvalue weighted by Gasteiger charge is 2.21. The van der Waals surface area contributed by atoms with Crippen molar-refractivity contribution in [2.24, 2.45) is 5.73 Å². The van der Waals surface area contributed by atoms with Crippen LogP contribution >= 0.6 is 0 Å². The fourth-order valence-electron chi connectivity index (χ4n) is 5.06. The van der Waals surface area contributed by atoms with Crippen LogP contribution in [0.25, 0.3) is 21.8 Å².